The molecule has 0 aromatic heterocycles. The van der Waals surface area contributed by atoms with Gasteiger partial charge in [-0.15, -0.1) is 0 Å². The molecule has 0 spiro atoms. The summed E-state index contributed by atoms with van der Waals surface area (Å²) in [5.41, 5.74) is 2.59. The molecule has 0 saturated heterocycles. The summed E-state index contributed by atoms with van der Waals surface area (Å²) in [5.74, 6) is -0.615. The number of hydrogen-bond acceptors (Lipinski definition) is 2. The summed E-state index contributed by atoms with van der Waals surface area (Å²) in [6.45, 7) is 0. The maximum atomic E-state index is 12.6. The van der Waals surface area contributed by atoms with E-state index in [0.29, 0.717) is 11.5 Å². The van der Waals surface area contributed by atoms with Crippen molar-refractivity contribution in [2.45, 2.75) is 31.6 Å². The highest BCUT2D eigenvalue weighted by molar-refractivity contribution is 9.10. The third kappa shape index (κ3) is 4.51. The summed E-state index contributed by atoms with van der Waals surface area (Å²) in [6.07, 6.45) is 3.26. The lowest BCUT2D eigenvalue weighted by Gasteiger charge is -2.26. The summed E-state index contributed by atoms with van der Waals surface area (Å²) >= 11 is 3.46. The van der Waals surface area contributed by atoms with Crippen molar-refractivity contribution in [2.24, 2.45) is 5.92 Å². The molecule has 1 fully saturated rings. The highest BCUT2D eigenvalue weighted by Gasteiger charge is 2.26. The van der Waals surface area contributed by atoms with Crippen LogP contribution >= 0.6 is 15.9 Å². The van der Waals surface area contributed by atoms with Gasteiger partial charge in [-0.3, -0.25) is 9.59 Å². The van der Waals surface area contributed by atoms with Crippen LogP contribution in [-0.2, 0) is 4.79 Å². The Morgan fingerprint density at radius 3 is 2.21 bits per heavy atom. The van der Waals surface area contributed by atoms with Gasteiger partial charge in [-0.25, -0.2) is 0 Å². The molecule has 0 radical (unpaired) electrons. The molecule has 1 amide bonds. The van der Waals surface area contributed by atoms with Crippen molar-refractivity contribution in [1.29, 1.82) is 0 Å². The van der Waals surface area contributed by atoms with Crippen LogP contribution in [0.1, 0.15) is 47.5 Å². The lowest BCUT2D eigenvalue weighted by Crippen LogP contribution is -2.20. The minimum absolute atomic E-state index is 0.135. The number of aliphatic carboxylic acids is 1. The Labute approximate surface area is 178 Å². The second-order valence-electron chi connectivity index (χ2n) is 7.67. The van der Waals surface area contributed by atoms with Gasteiger partial charge < -0.3 is 10.4 Å². The van der Waals surface area contributed by atoms with Crippen LogP contribution in [-0.4, -0.2) is 17.0 Å². The van der Waals surface area contributed by atoms with Crippen molar-refractivity contribution in [3.05, 3.63) is 76.3 Å². The highest BCUT2D eigenvalue weighted by Crippen LogP contribution is 2.36. The summed E-state index contributed by atoms with van der Waals surface area (Å²) in [5, 5.41) is 14.2. The van der Waals surface area contributed by atoms with Gasteiger partial charge >= 0.3 is 5.97 Å². The first-order chi connectivity index (χ1) is 14.0. The van der Waals surface area contributed by atoms with Crippen LogP contribution in [0.2, 0.25) is 0 Å². The van der Waals surface area contributed by atoms with Crippen LogP contribution < -0.4 is 5.32 Å². The van der Waals surface area contributed by atoms with E-state index in [4.69, 9.17) is 5.11 Å². The van der Waals surface area contributed by atoms with Gasteiger partial charge in [0.2, 0.25) is 0 Å². The van der Waals surface area contributed by atoms with Gasteiger partial charge in [-0.2, -0.15) is 0 Å². The number of fused-ring (bicyclic) bond motifs is 1. The largest absolute Gasteiger partial charge is 0.481 e. The van der Waals surface area contributed by atoms with E-state index in [-0.39, 0.29) is 11.8 Å². The lowest BCUT2D eigenvalue weighted by molar-refractivity contribution is -0.142. The fourth-order valence-electron chi connectivity index (χ4n) is 4.07. The standard InChI is InChI=1S/C24H22BrNO3/c25-21-10-7-18-13-20(6-5-19(18)14-21)23(27)26-22-11-8-16(9-12-22)15-1-3-17(4-2-15)24(28)29/h5-15,17H,1-4H2,(H,26,27)(H,28,29). The molecule has 1 aliphatic carbocycles. The highest BCUT2D eigenvalue weighted by atomic mass is 79.9. The minimum Gasteiger partial charge on any atom is -0.481 e. The number of amides is 1. The molecule has 0 atom stereocenters. The first-order valence-electron chi connectivity index (χ1n) is 9.83. The number of rotatable bonds is 4. The van der Waals surface area contributed by atoms with E-state index < -0.39 is 5.97 Å². The molecular weight excluding hydrogens is 430 g/mol. The monoisotopic (exact) mass is 451 g/mol. The minimum atomic E-state index is -0.678. The van der Waals surface area contributed by atoms with Crippen molar-refractivity contribution in [3.63, 3.8) is 0 Å². The maximum Gasteiger partial charge on any atom is 0.306 e. The third-order valence-electron chi connectivity index (χ3n) is 5.78. The second-order valence-corrected chi connectivity index (χ2v) is 8.58. The van der Waals surface area contributed by atoms with Gasteiger partial charge in [0.15, 0.2) is 0 Å². The molecule has 5 heteroatoms. The molecule has 0 aliphatic heterocycles. The van der Waals surface area contributed by atoms with Crippen molar-refractivity contribution in [2.75, 3.05) is 5.32 Å². The van der Waals surface area contributed by atoms with Crippen molar-refractivity contribution in [1.82, 2.24) is 0 Å². The molecular formula is C24H22BrNO3. The van der Waals surface area contributed by atoms with Crippen molar-refractivity contribution in [3.8, 4) is 0 Å². The predicted molar refractivity (Wildman–Crippen MR) is 118 cm³/mol. The Bertz CT molecular complexity index is 1050. The Kier molecular flexibility index (Phi) is 5.67. The second kappa shape index (κ2) is 8.37. The molecule has 3 aromatic rings. The van der Waals surface area contributed by atoms with Crippen molar-refractivity contribution >= 4 is 44.3 Å². The molecule has 4 rings (SSSR count). The molecule has 2 N–H and O–H groups in total. The van der Waals surface area contributed by atoms with E-state index in [2.05, 4.69) is 21.2 Å². The fourth-order valence-corrected chi connectivity index (χ4v) is 4.45. The van der Waals surface area contributed by atoms with E-state index in [1.54, 1.807) is 0 Å². The Hall–Kier alpha value is -2.66. The lowest BCUT2D eigenvalue weighted by atomic mass is 9.79. The summed E-state index contributed by atoms with van der Waals surface area (Å²) in [7, 11) is 0. The van der Waals surface area contributed by atoms with Gasteiger partial charge in [0, 0.05) is 15.7 Å². The molecule has 0 unspecified atom stereocenters. The Morgan fingerprint density at radius 2 is 1.52 bits per heavy atom. The van der Waals surface area contributed by atoms with Gasteiger partial charge in [0.25, 0.3) is 5.91 Å². The third-order valence-corrected chi connectivity index (χ3v) is 6.27. The van der Waals surface area contributed by atoms with Crippen LogP contribution in [0.25, 0.3) is 10.8 Å². The van der Waals surface area contributed by atoms with E-state index in [0.717, 1.165) is 46.6 Å². The van der Waals surface area contributed by atoms with Gasteiger partial charge in [0.05, 0.1) is 5.92 Å². The summed E-state index contributed by atoms with van der Waals surface area (Å²) in [4.78, 5) is 23.7. The maximum absolute atomic E-state index is 12.6. The zero-order valence-electron chi connectivity index (χ0n) is 15.9. The van der Waals surface area contributed by atoms with Crippen molar-refractivity contribution < 1.29 is 14.7 Å². The molecule has 1 saturated carbocycles. The van der Waals surface area contributed by atoms with E-state index in [1.807, 2.05) is 60.7 Å². The molecule has 29 heavy (non-hydrogen) atoms. The predicted octanol–water partition coefficient (Wildman–Crippen LogP) is 6.21. The number of anilines is 1. The average molecular weight is 452 g/mol. The number of carbonyl (C=O) groups is 2. The number of halogens is 1. The zero-order valence-corrected chi connectivity index (χ0v) is 17.5. The summed E-state index contributed by atoms with van der Waals surface area (Å²) < 4.78 is 1.01. The number of benzene rings is 3. The van der Waals surface area contributed by atoms with Crippen LogP contribution in [0.3, 0.4) is 0 Å². The van der Waals surface area contributed by atoms with Crippen LogP contribution in [0.4, 0.5) is 5.69 Å². The Morgan fingerprint density at radius 1 is 0.862 bits per heavy atom. The van der Waals surface area contributed by atoms with Crippen LogP contribution in [0.5, 0.6) is 0 Å². The molecule has 4 nitrogen and oxygen atoms in total. The first kappa shape index (κ1) is 19.6. The molecule has 3 aromatic carbocycles. The number of carboxylic acid groups (broad SMARTS) is 1. The number of carboxylic acids is 1. The first-order valence-corrected chi connectivity index (χ1v) is 10.6. The quantitative estimate of drug-likeness (QED) is 0.495. The molecule has 148 valence electrons. The topological polar surface area (TPSA) is 66.4 Å². The zero-order chi connectivity index (χ0) is 20.4. The van der Waals surface area contributed by atoms with Crippen LogP contribution in [0, 0.1) is 5.92 Å². The molecule has 1 aliphatic rings. The summed E-state index contributed by atoms with van der Waals surface area (Å²) in [6, 6.07) is 19.6. The fraction of sp³-hybridized carbons (Fsp3) is 0.250. The van der Waals surface area contributed by atoms with Gasteiger partial charge in [-0.1, -0.05) is 40.2 Å². The van der Waals surface area contributed by atoms with E-state index >= 15 is 0 Å². The molecule has 0 heterocycles. The average Bonchev–Trinajstić information content (AvgIpc) is 2.74. The number of carbonyl (C=O) groups excluding carboxylic acids is 1. The van der Waals surface area contributed by atoms with Crippen LogP contribution in [0.15, 0.2) is 65.1 Å². The number of nitrogens with one attached hydrogen (secondary N) is 1. The van der Waals surface area contributed by atoms with Gasteiger partial charge in [-0.05, 0) is 84.3 Å². The van der Waals surface area contributed by atoms with Gasteiger partial charge in [0.1, 0.15) is 0 Å². The van der Waals surface area contributed by atoms with E-state index in [9.17, 15) is 9.59 Å². The van der Waals surface area contributed by atoms with E-state index in [1.165, 1.54) is 5.56 Å². The SMILES string of the molecule is O=C(Nc1ccc(C2CCC(C(=O)O)CC2)cc1)c1ccc2cc(Br)ccc2c1. The smallest absolute Gasteiger partial charge is 0.306 e. The normalized spacial score (nSPS) is 19.1. The molecule has 0 bridgehead atoms. The Balaban J connectivity index is 1.41. The number of hydrogen-bond donors (Lipinski definition) is 2.